The van der Waals surface area contributed by atoms with Crippen molar-refractivity contribution in [2.24, 2.45) is 0 Å². The van der Waals surface area contributed by atoms with Crippen molar-refractivity contribution in [2.75, 3.05) is 13.2 Å². The van der Waals surface area contributed by atoms with E-state index in [1.54, 1.807) is 0 Å². The molecule has 2 rings (SSSR count). The van der Waals surface area contributed by atoms with Crippen molar-refractivity contribution in [1.82, 2.24) is 4.31 Å². The van der Waals surface area contributed by atoms with Gasteiger partial charge in [-0.25, -0.2) is 8.42 Å². The molecule has 0 aliphatic heterocycles. The first kappa shape index (κ1) is 17.5. The van der Waals surface area contributed by atoms with Gasteiger partial charge in [0.05, 0.1) is 10.0 Å². The lowest BCUT2D eigenvalue weighted by Gasteiger charge is -2.36. The predicted octanol–water partition coefficient (Wildman–Crippen LogP) is 3.68. The summed E-state index contributed by atoms with van der Waals surface area (Å²) < 4.78 is 27.8. The Hall–Kier alpha value is 0.150. The summed E-state index contributed by atoms with van der Waals surface area (Å²) >= 11 is 15.4. The smallest absolute Gasteiger partial charge is 0.246 e. The highest BCUT2D eigenvalue weighted by Gasteiger charge is 2.36. The molecule has 0 saturated heterocycles. The molecule has 4 nitrogen and oxygen atoms in total. The van der Waals surface area contributed by atoms with Crippen LogP contribution < -0.4 is 0 Å². The zero-order valence-electron chi connectivity index (χ0n) is 11.2. The van der Waals surface area contributed by atoms with Crippen molar-refractivity contribution in [2.45, 2.75) is 36.6 Å². The first-order valence-corrected chi connectivity index (χ1v) is 9.64. The summed E-state index contributed by atoms with van der Waals surface area (Å²) in [5.41, 5.74) is 0. The van der Waals surface area contributed by atoms with Crippen LogP contribution >= 0.6 is 39.1 Å². The van der Waals surface area contributed by atoms with Crippen LogP contribution in [-0.4, -0.2) is 37.0 Å². The molecule has 118 valence electrons. The number of benzene rings is 1. The average Bonchev–Trinajstić information content (AvgIpc) is 2.29. The quantitative estimate of drug-likeness (QED) is 0.769. The second-order valence-electron chi connectivity index (χ2n) is 4.98. The third kappa shape index (κ3) is 3.74. The molecule has 21 heavy (non-hydrogen) atoms. The van der Waals surface area contributed by atoms with E-state index in [9.17, 15) is 8.42 Å². The Morgan fingerprint density at radius 2 is 1.86 bits per heavy atom. The van der Waals surface area contributed by atoms with E-state index in [2.05, 4.69) is 15.9 Å². The van der Waals surface area contributed by atoms with Crippen LogP contribution in [0.1, 0.15) is 25.7 Å². The molecule has 0 bridgehead atoms. The summed E-state index contributed by atoms with van der Waals surface area (Å²) in [6.07, 6.45) is 3.06. The molecule has 0 atom stereocenters. The van der Waals surface area contributed by atoms with Gasteiger partial charge in [0.1, 0.15) is 4.90 Å². The van der Waals surface area contributed by atoms with Crippen molar-refractivity contribution in [3.63, 3.8) is 0 Å². The van der Waals surface area contributed by atoms with Crippen LogP contribution in [0.3, 0.4) is 0 Å². The normalized spacial score (nSPS) is 16.2. The summed E-state index contributed by atoms with van der Waals surface area (Å²) in [5, 5.41) is 9.19. The molecule has 1 fully saturated rings. The van der Waals surface area contributed by atoms with Gasteiger partial charge < -0.3 is 5.11 Å². The topological polar surface area (TPSA) is 57.6 Å². The Kier molecular flexibility index (Phi) is 5.96. The largest absolute Gasteiger partial charge is 0.396 e. The van der Waals surface area contributed by atoms with Crippen LogP contribution in [-0.2, 0) is 10.0 Å². The van der Waals surface area contributed by atoms with Gasteiger partial charge in [-0.15, -0.1) is 0 Å². The lowest BCUT2D eigenvalue weighted by Crippen LogP contribution is -2.45. The van der Waals surface area contributed by atoms with E-state index in [-0.39, 0.29) is 34.1 Å². The van der Waals surface area contributed by atoms with Gasteiger partial charge in [-0.3, -0.25) is 0 Å². The van der Waals surface area contributed by atoms with Crippen molar-refractivity contribution in [3.8, 4) is 0 Å². The number of halogens is 3. The minimum atomic E-state index is -3.77. The molecule has 8 heteroatoms. The summed E-state index contributed by atoms with van der Waals surface area (Å²) in [6.45, 7) is 0.215. The van der Waals surface area contributed by atoms with Crippen LogP contribution in [0.4, 0.5) is 0 Å². The van der Waals surface area contributed by atoms with E-state index in [1.807, 2.05) is 0 Å². The molecule has 0 heterocycles. The fraction of sp³-hybridized carbons (Fsp3) is 0.538. The van der Waals surface area contributed by atoms with Gasteiger partial charge in [0, 0.05) is 23.7 Å². The molecular formula is C13H16BrCl2NO3S. The van der Waals surface area contributed by atoms with E-state index >= 15 is 0 Å². The van der Waals surface area contributed by atoms with Crippen molar-refractivity contribution in [1.29, 1.82) is 0 Å². The maximum absolute atomic E-state index is 12.9. The van der Waals surface area contributed by atoms with Crippen LogP contribution in [0.15, 0.2) is 21.5 Å². The van der Waals surface area contributed by atoms with Crippen molar-refractivity contribution in [3.05, 3.63) is 26.7 Å². The Morgan fingerprint density at radius 3 is 2.29 bits per heavy atom. The lowest BCUT2D eigenvalue weighted by molar-refractivity contribution is 0.198. The summed E-state index contributed by atoms with van der Waals surface area (Å²) in [5.74, 6) is 0. The van der Waals surface area contributed by atoms with Crippen LogP contribution in [0.2, 0.25) is 10.0 Å². The zero-order chi connectivity index (χ0) is 15.6. The molecule has 1 N–H and O–H groups in total. The third-order valence-corrected chi connectivity index (χ3v) is 6.88. The van der Waals surface area contributed by atoms with E-state index in [0.717, 1.165) is 19.3 Å². The molecule has 1 aliphatic rings. The Morgan fingerprint density at radius 1 is 1.29 bits per heavy atom. The van der Waals surface area contributed by atoms with Gasteiger partial charge in [-0.05, 0) is 31.4 Å². The Bertz CT molecular complexity index is 597. The Balaban J connectivity index is 2.42. The summed E-state index contributed by atoms with van der Waals surface area (Å²) in [6, 6.07) is 3.01. The van der Waals surface area contributed by atoms with Crippen LogP contribution in [0.25, 0.3) is 0 Å². The van der Waals surface area contributed by atoms with Gasteiger partial charge in [-0.2, -0.15) is 4.31 Å². The van der Waals surface area contributed by atoms with E-state index in [0.29, 0.717) is 10.9 Å². The van der Waals surface area contributed by atoms with E-state index < -0.39 is 10.0 Å². The molecule has 0 unspecified atom stereocenters. The maximum Gasteiger partial charge on any atom is 0.246 e. The fourth-order valence-corrected chi connectivity index (χ4v) is 5.90. The minimum Gasteiger partial charge on any atom is -0.396 e. The first-order chi connectivity index (χ1) is 9.87. The van der Waals surface area contributed by atoms with Gasteiger partial charge >= 0.3 is 0 Å². The van der Waals surface area contributed by atoms with E-state index in [4.69, 9.17) is 28.3 Å². The number of rotatable bonds is 6. The lowest BCUT2D eigenvalue weighted by atomic mass is 9.93. The third-order valence-electron chi connectivity index (χ3n) is 3.55. The predicted molar refractivity (Wildman–Crippen MR) is 87.4 cm³/mol. The van der Waals surface area contributed by atoms with Crippen molar-refractivity contribution >= 4 is 49.2 Å². The van der Waals surface area contributed by atoms with Gasteiger partial charge in [0.15, 0.2) is 0 Å². The van der Waals surface area contributed by atoms with Gasteiger partial charge in [0.2, 0.25) is 10.0 Å². The highest BCUT2D eigenvalue weighted by molar-refractivity contribution is 9.10. The molecule has 0 spiro atoms. The standard InChI is InChI=1S/C13H16BrCl2NO3S/c14-9-7-11(15)13(12(16)8-9)21(19,20)17(5-2-6-18)10-3-1-4-10/h7-8,10,18H,1-6H2. The highest BCUT2D eigenvalue weighted by atomic mass is 79.9. The van der Waals surface area contributed by atoms with Crippen molar-refractivity contribution < 1.29 is 13.5 Å². The van der Waals surface area contributed by atoms with Crippen LogP contribution in [0, 0.1) is 0 Å². The second kappa shape index (κ2) is 7.15. The second-order valence-corrected chi connectivity index (χ2v) is 8.53. The number of sulfonamides is 1. The van der Waals surface area contributed by atoms with Gasteiger partial charge in [-0.1, -0.05) is 45.6 Å². The van der Waals surface area contributed by atoms with Gasteiger partial charge in [0.25, 0.3) is 0 Å². The SMILES string of the molecule is O=S(=O)(c1c(Cl)cc(Br)cc1Cl)N(CCCO)C1CCC1. The number of hydrogen-bond acceptors (Lipinski definition) is 3. The highest BCUT2D eigenvalue weighted by Crippen LogP contribution is 2.37. The molecule has 0 aromatic heterocycles. The molecular weight excluding hydrogens is 401 g/mol. The zero-order valence-corrected chi connectivity index (χ0v) is 15.1. The fourth-order valence-electron chi connectivity index (χ4n) is 2.29. The number of nitrogens with zero attached hydrogens (tertiary/aromatic N) is 1. The number of hydrogen-bond donors (Lipinski definition) is 1. The monoisotopic (exact) mass is 415 g/mol. The summed E-state index contributed by atoms with van der Waals surface area (Å²) in [4.78, 5) is -0.0566. The molecule has 1 aliphatic carbocycles. The maximum atomic E-state index is 12.9. The number of aliphatic hydroxyl groups excluding tert-OH is 1. The molecule has 1 saturated carbocycles. The molecule has 0 amide bonds. The molecule has 1 aromatic carbocycles. The molecule has 0 radical (unpaired) electrons. The van der Waals surface area contributed by atoms with Crippen LogP contribution in [0.5, 0.6) is 0 Å². The Labute approximate surface area is 143 Å². The van der Waals surface area contributed by atoms with E-state index in [1.165, 1.54) is 16.4 Å². The minimum absolute atomic E-state index is 0.0302. The summed E-state index contributed by atoms with van der Waals surface area (Å²) in [7, 11) is -3.77. The first-order valence-electron chi connectivity index (χ1n) is 6.65. The average molecular weight is 417 g/mol. The number of aliphatic hydroxyl groups is 1. The molecule has 1 aromatic rings.